The van der Waals surface area contributed by atoms with E-state index in [1.54, 1.807) is 47.8 Å². The summed E-state index contributed by atoms with van der Waals surface area (Å²) in [6, 6.07) is -19.0. The summed E-state index contributed by atoms with van der Waals surface area (Å²) in [5.41, 5.74) is 16.4. The molecule has 1 heterocycles. The van der Waals surface area contributed by atoms with Crippen LogP contribution in [0.3, 0.4) is 0 Å². The molecule has 22 N–H and O–H groups in total. The van der Waals surface area contributed by atoms with Crippen LogP contribution in [0.15, 0.2) is 12.5 Å². The molecular weight excluding hydrogens is 1280 g/mol. The largest absolute Gasteiger partial charge is 0.481 e. The molecule has 0 saturated heterocycles. The molecule has 0 aliphatic carbocycles. The number of amides is 13. The summed E-state index contributed by atoms with van der Waals surface area (Å²) >= 11 is 9.50. The van der Waals surface area contributed by atoms with Crippen molar-refractivity contribution in [2.75, 3.05) is 30.1 Å². The van der Waals surface area contributed by atoms with E-state index in [4.69, 9.17) is 17.2 Å². The summed E-state index contributed by atoms with van der Waals surface area (Å²) in [4.78, 5) is 205. The minimum Gasteiger partial charge on any atom is -0.481 e. The fraction of sp³-hybridized carbons (Fsp3) is 0.673. The van der Waals surface area contributed by atoms with Crippen molar-refractivity contribution in [2.45, 2.75) is 185 Å². The van der Waals surface area contributed by atoms with Crippen molar-refractivity contribution in [1.29, 1.82) is 0 Å². The lowest BCUT2D eigenvalue weighted by Gasteiger charge is -2.31. The highest BCUT2D eigenvalue weighted by molar-refractivity contribution is 7.98. The highest BCUT2D eigenvalue weighted by Crippen LogP contribution is 2.16. The van der Waals surface area contributed by atoms with Crippen molar-refractivity contribution >= 4 is 126 Å². The van der Waals surface area contributed by atoms with E-state index in [9.17, 15) is 92.3 Å². The zero-order chi connectivity index (χ0) is 71.0. The molecule has 524 valence electrons. The van der Waals surface area contributed by atoms with Crippen LogP contribution in [0, 0.1) is 17.8 Å². The van der Waals surface area contributed by atoms with Crippen LogP contribution in [0.1, 0.15) is 106 Å². The molecule has 0 aromatic carbocycles. The number of aliphatic hydroxyl groups excluding tert-OH is 2. The molecule has 38 heteroatoms. The van der Waals surface area contributed by atoms with E-state index in [0.717, 1.165) is 0 Å². The maximum absolute atomic E-state index is 14.3. The number of carbonyl (C=O) groups is 15. The van der Waals surface area contributed by atoms with E-state index in [-0.39, 0.29) is 49.3 Å². The number of aromatic amines is 1. The molecule has 1 rings (SSSR count). The summed E-state index contributed by atoms with van der Waals surface area (Å²) in [7, 11) is 0. The van der Waals surface area contributed by atoms with Gasteiger partial charge in [-0.25, -0.2) is 9.78 Å². The van der Waals surface area contributed by atoms with Gasteiger partial charge in [0.2, 0.25) is 76.8 Å². The minimum atomic E-state index is -1.85. The number of H-pyrrole nitrogens is 1. The number of aromatic nitrogens is 2. The summed E-state index contributed by atoms with van der Waals surface area (Å²) in [5.74, 6) is -19.1. The lowest BCUT2D eigenvalue weighted by molar-refractivity contribution is -0.143. The van der Waals surface area contributed by atoms with Crippen LogP contribution in [0.25, 0.3) is 0 Å². The molecule has 0 aliphatic rings. The second kappa shape index (κ2) is 42.4. The molecule has 0 saturated carbocycles. The summed E-state index contributed by atoms with van der Waals surface area (Å²) in [5, 5.41) is 66.4. The zero-order valence-corrected chi connectivity index (χ0v) is 55.6. The molecule has 1 aromatic heterocycles. The van der Waals surface area contributed by atoms with Gasteiger partial charge in [-0.2, -0.15) is 37.0 Å². The molecule has 1 aromatic rings. The lowest BCUT2D eigenvalue weighted by Crippen LogP contribution is -2.63. The molecule has 93 heavy (non-hydrogen) atoms. The number of aliphatic hydroxyl groups is 2. The van der Waals surface area contributed by atoms with Crippen LogP contribution in [0.5, 0.6) is 0 Å². The van der Waals surface area contributed by atoms with Crippen molar-refractivity contribution in [2.24, 2.45) is 35.0 Å². The van der Waals surface area contributed by atoms with Gasteiger partial charge < -0.3 is 101 Å². The van der Waals surface area contributed by atoms with Crippen LogP contribution >= 0.6 is 37.0 Å². The van der Waals surface area contributed by atoms with E-state index >= 15 is 0 Å². The predicted molar refractivity (Wildman–Crippen MR) is 341 cm³/mol. The predicted octanol–water partition coefficient (Wildman–Crippen LogP) is -6.56. The maximum Gasteiger partial charge on any atom is 0.326 e. The second-order valence-electron chi connectivity index (χ2n) is 22.1. The molecular formula is C55H92N16O19S3. The number of thiol groups is 2. The second-order valence-corrected chi connectivity index (χ2v) is 23.8. The highest BCUT2D eigenvalue weighted by atomic mass is 32.2. The first-order valence-electron chi connectivity index (χ1n) is 29.7. The minimum absolute atomic E-state index is 0.119. The number of primary amides is 2. The maximum atomic E-state index is 14.3. The van der Waals surface area contributed by atoms with Crippen molar-refractivity contribution in [3.8, 4) is 0 Å². The van der Waals surface area contributed by atoms with Gasteiger partial charge in [-0.1, -0.05) is 60.8 Å². The van der Waals surface area contributed by atoms with Gasteiger partial charge >= 0.3 is 11.9 Å². The van der Waals surface area contributed by atoms with Crippen LogP contribution < -0.4 is 75.7 Å². The Morgan fingerprint density at radius 3 is 1.28 bits per heavy atom. The highest BCUT2D eigenvalue weighted by Gasteiger charge is 2.40. The van der Waals surface area contributed by atoms with Gasteiger partial charge in [0.15, 0.2) is 0 Å². The smallest absolute Gasteiger partial charge is 0.326 e. The third kappa shape index (κ3) is 28.9. The van der Waals surface area contributed by atoms with Gasteiger partial charge in [-0.05, 0) is 49.5 Å². The Labute approximate surface area is 552 Å². The Morgan fingerprint density at radius 2 is 0.882 bits per heavy atom. The Morgan fingerprint density at radius 1 is 0.516 bits per heavy atom. The molecule has 0 unspecified atom stereocenters. The van der Waals surface area contributed by atoms with Crippen LogP contribution in [0.4, 0.5) is 0 Å². The molecule has 0 fully saturated rings. The van der Waals surface area contributed by atoms with Crippen LogP contribution in [-0.4, -0.2) is 228 Å². The molecule has 0 radical (unpaired) electrons. The number of rotatable bonds is 45. The van der Waals surface area contributed by atoms with Crippen molar-refractivity contribution in [1.82, 2.24) is 68.5 Å². The first-order chi connectivity index (χ1) is 43.6. The Kier molecular flexibility index (Phi) is 38.0. The van der Waals surface area contributed by atoms with Crippen molar-refractivity contribution < 1.29 is 92.3 Å². The van der Waals surface area contributed by atoms with Crippen LogP contribution in [0.2, 0.25) is 0 Å². The topological polar surface area (TPSA) is 576 Å². The average molecular weight is 1380 g/mol. The standard InChI is InChI=1S/C55H92N16O19S3/c1-9-24(4)40(68-46(80)31(14-15-93-8)62-47(81)32(18-38(58)75)63-48(82)34(20-72)65-50(84)35(21-91)66-44(78)29(56)17-37(57)74)51(85)67-36(22-92)49(83)61-30(12-13-39(76)77)45(79)69-41(25(5)10-2)52(86)70-42(26(6)11-3)53(87)71-43(27(7)73)54(88)64-33(55(89)90)16-28-19-59-23-60-28/h19,23-27,29-36,40-43,72-73,91-92H,9-18,20-22,56H2,1-8H3,(H2,57,74)(H2,58,75)(H,59,60)(H,61,83)(H,62,81)(H,63,82)(H,64,88)(H,65,84)(H,66,78)(H,67,85)(H,68,80)(H,69,79)(H,70,86)(H,71,87)(H,76,77)(H,89,90)/t24-,25-,26-,27+,29-,30-,31-,32-,33-,34-,35-,36-,40-,41-,42-,43-/m0/s1. The number of carboxylic acid groups (broad SMARTS) is 2. The lowest BCUT2D eigenvalue weighted by atomic mass is 9.94. The van der Waals surface area contributed by atoms with E-state index in [1.165, 1.54) is 31.2 Å². The number of nitrogens with two attached hydrogens (primary N) is 3. The zero-order valence-electron chi connectivity index (χ0n) is 53.0. The van der Waals surface area contributed by atoms with E-state index in [1.807, 2.05) is 0 Å². The molecule has 35 nitrogen and oxygen atoms in total. The van der Waals surface area contributed by atoms with E-state index < -0.39 is 223 Å². The summed E-state index contributed by atoms with van der Waals surface area (Å²) < 4.78 is 0. The average Bonchev–Trinajstić information content (AvgIpc) is 1.14. The molecule has 0 aliphatic heterocycles. The van der Waals surface area contributed by atoms with E-state index in [0.29, 0.717) is 0 Å². The van der Waals surface area contributed by atoms with Gasteiger partial charge in [-0.3, -0.25) is 67.1 Å². The number of carboxylic acids is 2. The number of imidazole rings is 1. The number of nitrogens with zero attached hydrogens (tertiary/aromatic N) is 1. The van der Waals surface area contributed by atoms with Gasteiger partial charge in [0.25, 0.3) is 0 Å². The number of hydrogen-bond acceptors (Lipinski definition) is 22. The van der Waals surface area contributed by atoms with Crippen molar-refractivity contribution in [3.63, 3.8) is 0 Å². The van der Waals surface area contributed by atoms with Gasteiger partial charge in [-0.15, -0.1) is 0 Å². The first-order valence-corrected chi connectivity index (χ1v) is 32.4. The molecule has 13 amide bonds. The number of thioether (sulfide) groups is 1. The molecule has 16 atom stereocenters. The summed E-state index contributed by atoms with van der Waals surface area (Å²) in [6.45, 7) is 9.84. The molecule has 0 spiro atoms. The van der Waals surface area contributed by atoms with E-state index in [2.05, 4.69) is 93.7 Å². The number of nitrogens with one attached hydrogen (secondary N) is 12. The van der Waals surface area contributed by atoms with Gasteiger partial charge in [0.1, 0.15) is 66.5 Å². The third-order valence-electron chi connectivity index (χ3n) is 14.8. The first kappa shape index (κ1) is 83.2. The quantitative estimate of drug-likeness (QED) is 0.0270. The number of carbonyl (C=O) groups excluding carboxylic acids is 13. The van der Waals surface area contributed by atoms with Crippen molar-refractivity contribution in [3.05, 3.63) is 18.2 Å². The number of aliphatic carboxylic acids is 2. The number of hydrogen-bond donors (Lipinski definition) is 21. The summed E-state index contributed by atoms with van der Waals surface area (Å²) in [6.07, 6.45) is 0.432. The van der Waals surface area contributed by atoms with Gasteiger partial charge in [0, 0.05) is 30.5 Å². The Bertz CT molecular complexity index is 2730. The fourth-order valence-corrected chi connectivity index (χ4v) is 9.54. The fourth-order valence-electron chi connectivity index (χ4n) is 8.55. The van der Waals surface area contributed by atoms with Crippen LogP contribution in [-0.2, 0) is 78.3 Å². The Balaban J connectivity index is 3.46. The molecule has 0 bridgehead atoms. The normalized spacial score (nSPS) is 16.3. The Hall–Kier alpha value is -7.81. The third-order valence-corrected chi connectivity index (χ3v) is 16.2. The van der Waals surface area contributed by atoms with Gasteiger partial charge in [0.05, 0.1) is 43.6 Å². The monoisotopic (exact) mass is 1380 g/mol. The SMILES string of the molecule is CC[C@H](C)[C@H](NC(=O)[C@H](CCSC)NC(=O)[C@H](CC(N)=O)NC(=O)[C@H](CO)NC(=O)[C@H](CS)NC(=O)[C@@H](N)CC(N)=O)C(=O)N[C@@H](CS)C(=O)N[C@@H](CCC(=O)O)C(=O)N[C@H](C(=O)N[C@H](C(=O)N[C@H](C(=O)N[C@@H](Cc1c[nH]cn1)C(=O)O)[C@@H](C)O)[C@@H](C)CC)[C@@H](C)CC.